The zero-order valence-corrected chi connectivity index (χ0v) is 15.7. The minimum absolute atomic E-state index is 0.0374. The molecule has 0 saturated carbocycles. The van der Waals surface area contributed by atoms with Gasteiger partial charge in [0.25, 0.3) is 11.2 Å². The van der Waals surface area contributed by atoms with Gasteiger partial charge in [0.15, 0.2) is 9.99 Å². The van der Waals surface area contributed by atoms with E-state index in [9.17, 15) is 14.9 Å². The van der Waals surface area contributed by atoms with Crippen LogP contribution in [0.15, 0.2) is 63.7 Å². The first-order chi connectivity index (χ1) is 13.1. The molecule has 0 atom stereocenters. The highest BCUT2D eigenvalue weighted by Crippen LogP contribution is 2.28. The zero-order chi connectivity index (χ0) is 19.0. The number of thioether (sulfide) groups is 1. The van der Waals surface area contributed by atoms with Gasteiger partial charge in [0.05, 0.1) is 10.6 Å². The molecule has 9 heteroatoms. The molecule has 0 amide bonds. The summed E-state index contributed by atoms with van der Waals surface area (Å²) in [6.07, 6.45) is 1.89. The number of nitrogens with zero attached hydrogens (tertiary/aromatic N) is 4. The molecule has 0 unspecified atom stereocenters. The maximum atomic E-state index is 13.2. The van der Waals surface area contributed by atoms with Crippen LogP contribution in [0, 0.1) is 10.1 Å². The SMILES string of the molecule is CSc1nc2nc(-c3ccccc3)n(-c3ccc([N+](=O)[O-])cc3)c(=O)c2s1. The van der Waals surface area contributed by atoms with Gasteiger partial charge in [-0.05, 0) is 18.4 Å². The maximum Gasteiger partial charge on any atom is 0.278 e. The number of hydrogen-bond donors (Lipinski definition) is 0. The summed E-state index contributed by atoms with van der Waals surface area (Å²) in [5, 5.41) is 10.9. The summed E-state index contributed by atoms with van der Waals surface area (Å²) in [5.41, 5.74) is 1.40. The van der Waals surface area contributed by atoms with Gasteiger partial charge in [-0.2, -0.15) is 0 Å². The largest absolute Gasteiger partial charge is 0.278 e. The van der Waals surface area contributed by atoms with Gasteiger partial charge in [-0.1, -0.05) is 42.1 Å². The molecule has 0 N–H and O–H groups in total. The molecule has 0 aliphatic carbocycles. The first-order valence-corrected chi connectivity index (χ1v) is 9.90. The van der Waals surface area contributed by atoms with E-state index in [1.165, 1.54) is 39.8 Å². The fraction of sp³-hybridized carbons (Fsp3) is 0.0556. The van der Waals surface area contributed by atoms with E-state index in [1.807, 2.05) is 36.6 Å². The monoisotopic (exact) mass is 396 g/mol. The van der Waals surface area contributed by atoms with Crippen molar-refractivity contribution in [1.82, 2.24) is 14.5 Å². The number of hydrogen-bond acceptors (Lipinski definition) is 7. The van der Waals surface area contributed by atoms with Gasteiger partial charge in [-0.25, -0.2) is 9.97 Å². The van der Waals surface area contributed by atoms with E-state index in [0.717, 1.165) is 9.90 Å². The van der Waals surface area contributed by atoms with Crippen molar-refractivity contribution in [1.29, 1.82) is 0 Å². The molecule has 2 heterocycles. The van der Waals surface area contributed by atoms with Crippen molar-refractivity contribution in [2.45, 2.75) is 4.34 Å². The van der Waals surface area contributed by atoms with Crippen LogP contribution in [0.25, 0.3) is 27.4 Å². The van der Waals surface area contributed by atoms with Crippen LogP contribution in [0.1, 0.15) is 0 Å². The minimum Gasteiger partial charge on any atom is -0.267 e. The highest BCUT2D eigenvalue weighted by molar-refractivity contribution is 8.00. The second kappa shape index (κ2) is 6.93. The summed E-state index contributed by atoms with van der Waals surface area (Å²) >= 11 is 2.75. The Bertz CT molecular complexity index is 1200. The number of rotatable bonds is 4. The lowest BCUT2D eigenvalue weighted by molar-refractivity contribution is -0.384. The second-order valence-electron chi connectivity index (χ2n) is 5.55. The lowest BCUT2D eigenvalue weighted by Crippen LogP contribution is -2.21. The van der Waals surface area contributed by atoms with Gasteiger partial charge in [-0.3, -0.25) is 19.5 Å². The number of non-ortho nitro benzene ring substituents is 1. The molecule has 7 nitrogen and oxygen atoms in total. The highest BCUT2D eigenvalue weighted by atomic mass is 32.2. The summed E-state index contributed by atoms with van der Waals surface area (Å²) in [4.78, 5) is 32.7. The fourth-order valence-electron chi connectivity index (χ4n) is 2.69. The molecule has 0 bridgehead atoms. The average Bonchev–Trinajstić information content (AvgIpc) is 3.12. The smallest absolute Gasteiger partial charge is 0.267 e. The third-order valence-corrected chi connectivity index (χ3v) is 5.95. The Kier molecular flexibility index (Phi) is 4.46. The summed E-state index contributed by atoms with van der Waals surface area (Å²) in [6.45, 7) is 0. The Hall–Kier alpha value is -3.04. The van der Waals surface area contributed by atoms with Crippen molar-refractivity contribution in [2.75, 3.05) is 6.26 Å². The summed E-state index contributed by atoms with van der Waals surface area (Å²) < 4.78 is 2.69. The van der Waals surface area contributed by atoms with E-state index in [1.54, 1.807) is 12.1 Å². The summed E-state index contributed by atoms with van der Waals surface area (Å²) in [7, 11) is 0. The van der Waals surface area contributed by atoms with Crippen molar-refractivity contribution in [3.63, 3.8) is 0 Å². The van der Waals surface area contributed by atoms with Crippen LogP contribution >= 0.6 is 23.1 Å². The van der Waals surface area contributed by atoms with Crippen LogP contribution in [-0.2, 0) is 0 Å². The predicted molar refractivity (Wildman–Crippen MR) is 107 cm³/mol. The van der Waals surface area contributed by atoms with E-state index in [-0.39, 0.29) is 11.2 Å². The van der Waals surface area contributed by atoms with Crippen LogP contribution in [0.5, 0.6) is 0 Å². The lowest BCUT2D eigenvalue weighted by Gasteiger charge is -2.12. The van der Waals surface area contributed by atoms with E-state index in [4.69, 9.17) is 0 Å². The molecule has 2 aromatic heterocycles. The standard InChI is InChI=1S/C18H12N4O3S2/c1-26-18-20-15-14(27-18)17(23)21(12-7-9-13(10-8-12)22(24)25)16(19-15)11-5-3-2-4-6-11/h2-10H,1H3. The van der Waals surface area contributed by atoms with Crippen molar-refractivity contribution in [2.24, 2.45) is 0 Å². The molecule has 27 heavy (non-hydrogen) atoms. The number of fused-ring (bicyclic) bond motifs is 1. The summed E-state index contributed by atoms with van der Waals surface area (Å²) in [5.74, 6) is 0.444. The van der Waals surface area contributed by atoms with Gasteiger partial charge < -0.3 is 0 Å². The average molecular weight is 396 g/mol. The molecule has 134 valence electrons. The number of aromatic nitrogens is 3. The normalized spacial score (nSPS) is 11.0. The lowest BCUT2D eigenvalue weighted by atomic mass is 10.2. The highest BCUT2D eigenvalue weighted by Gasteiger charge is 2.18. The number of benzene rings is 2. The molecule has 0 fully saturated rings. The van der Waals surface area contributed by atoms with Gasteiger partial charge in [0.2, 0.25) is 0 Å². The molecule has 0 aliphatic heterocycles. The van der Waals surface area contributed by atoms with Crippen molar-refractivity contribution in [3.8, 4) is 17.1 Å². The van der Waals surface area contributed by atoms with Crippen LogP contribution < -0.4 is 5.56 Å². The number of thiazole rings is 1. The topological polar surface area (TPSA) is 90.9 Å². The molecule has 0 spiro atoms. The van der Waals surface area contributed by atoms with Crippen LogP contribution in [0.3, 0.4) is 0 Å². The number of nitro benzene ring substituents is 1. The summed E-state index contributed by atoms with van der Waals surface area (Å²) in [6, 6.07) is 15.2. The van der Waals surface area contributed by atoms with Crippen molar-refractivity contribution < 1.29 is 4.92 Å². The molecule has 0 radical (unpaired) electrons. The van der Waals surface area contributed by atoms with Gasteiger partial charge in [0, 0.05) is 17.7 Å². The molecule has 0 saturated heterocycles. The van der Waals surface area contributed by atoms with Crippen molar-refractivity contribution >= 4 is 39.1 Å². The Morgan fingerprint density at radius 2 is 1.78 bits per heavy atom. The van der Waals surface area contributed by atoms with E-state index in [0.29, 0.717) is 21.9 Å². The Morgan fingerprint density at radius 3 is 2.41 bits per heavy atom. The molecule has 4 rings (SSSR count). The maximum absolute atomic E-state index is 13.2. The first-order valence-electron chi connectivity index (χ1n) is 7.86. The zero-order valence-electron chi connectivity index (χ0n) is 14.0. The second-order valence-corrected chi connectivity index (χ2v) is 7.60. The molecular formula is C18H12N4O3S2. The Morgan fingerprint density at radius 1 is 1.07 bits per heavy atom. The number of nitro groups is 1. The quantitative estimate of drug-likeness (QED) is 0.292. The van der Waals surface area contributed by atoms with E-state index < -0.39 is 4.92 Å². The third kappa shape index (κ3) is 3.11. The van der Waals surface area contributed by atoms with Crippen LogP contribution in [-0.4, -0.2) is 25.7 Å². The molecular weight excluding hydrogens is 384 g/mol. The van der Waals surface area contributed by atoms with Gasteiger partial charge in [-0.15, -0.1) is 11.3 Å². The molecule has 2 aromatic carbocycles. The predicted octanol–water partition coefficient (Wildman–Crippen LogP) is 4.14. The first kappa shape index (κ1) is 17.4. The Labute approximate surface area is 161 Å². The fourth-order valence-corrected chi connectivity index (χ4v) is 4.12. The third-order valence-electron chi connectivity index (χ3n) is 3.94. The Balaban J connectivity index is 2.03. The van der Waals surface area contributed by atoms with Crippen molar-refractivity contribution in [3.05, 3.63) is 75.1 Å². The van der Waals surface area contributed by atoms with Crippen LogP contribution in [0.2, 0.25) is 0 Å². The van der Waals surface area contributed by atoms with Gasteiger partial charge >= 0.3 is 0 Å². The van der Waals surface area contributed by atoms with Crippen LogP contribution in [0.4, 0.5) is 5.69 Å². The van der Waals surface area contributed by atoms with E-state index >= 15 is 0 Å². The van der Waals surface area contributed by atoms with Gasteiger partial charge in [0.1, 0.15) is 10.5 Å². The minimum atomic E-state index is -0.472. The van der Waals surface area contributed by atoms with E-state index in [2.05, 4.69) is 9.97 Å². The molecule has 0 aliphatic rings. The molecule has 4 aromatic rings.